The third kappa shape index (κ3) is 3.40. The van der Waals surface area contributed by atoms with Gasteiger partial charge in [0.05, 0.1) is 5.56 Å². The molecule has 1 unspecified atom stereocenters. The van der Waals surface area contributed by atoms with E-state index in [1.165, 1.54) is 4.88 Å². The van der Waals surface area contributed by atoms with Crippen molar-refractivity contribution in [2.24, 2.45) is 0 Å². The molecular weight excluding hydrogens is 312 g/mol. The van der Waals surface area contributed by atoms with Crippen LogP contribution in [0.3, 0.4) is 0 Å². The van der Waals surface area contributed by atoms with Gasteiger partial charge in [0.2, 0.25) is 0 Å². The van der Waals surface area contributed by atoms with Crippen LogP contribution in [0.1, 0.15) is 22.2 Å². The minimum Gasteiger partial charge on any atom is -0.349 e. The van der Waals surface area contributed by atoms with E-state index in [2.05, 4.69) is 32.3 Å². The van der Waals surface area contributed by atoms with Crippen molar-refractivity contribution in [3.8, 4) is 0 Å². The van der Waals surface area contributed by atoms with E-state index < -0.39 is 0 Å². The maximum absolute atomic E-state index is 12.0. The molecular formula is C13H13BrN2OS. The zero-order valence-corrected chi connectivity index (χ0v) is 12.3. The fourth-order valence-corrected chi connectivity index (χ4v) is 2.90. The van der Waals surface area contributed by atoms with Crippen molar-refractivity contribution in [1.82, 2.24) is 10.3 Å². The van der Waals surface area contributed by atoms with Crippen LogP contribution < -0.4 is 5.32 Å². The first-order valence-electron chi connectivity index (χ1n) is 5.60. The molecule has 2 aromatic rings. The largest absolute Gasteiger partial charge is 0.349 e. The van der Waals surface area contributed by atoms with E-state index in [9.17, 15) is 4.79 Å². The van der Waals surface area contributed by atoms with E-state index in [4.69, 9.17) is 0 Å². The summed E-state index contributed by atoms with van der Waals surface area (Å²) in [7, 11) is 0. The number of rotatable bonds is 4. The minimum absolute atomic E-state index is 0.0981. The molecule has 0 radical (unpaired) electrons. The molecule has 0 bridgehead atoms. The number of nitrogens with one attached hydrogen (secondary N) is 1. The average molecular weight is 325 g/mol. The SMILES string of the molecule is CC(Cc1cccs1)NC(=O)c1cccnc1Br. The van der Waals surface area contributed by atoms with Crippen molar-refractivity contribution in [1.29, 1.82) is 0 Å². The van der Waals surface area contributed by atoms with Crippen LogP contribution in [0.25, 0.3) is 0 Å². The Balaban J connectivity index is 1.97. The van der Waals surface area contributed by atoms with E-state index in [1.807, 2.05) is 18.4 Å². The number of hydrogen-bond donors (Lipinski definition) is 1. The Morgan fingerprint density at radius 2 is 2.33 bits per heavy atom. The topological polar surface area (TPSA) is 42.0 Å². The highest BCUT2D eigenvalue weighted by Crippen LogP contribution is 2.14. The van der Waals surface area contributed by atoms with Gasteiger partial charge in [-0.1, -0.05) is 6.07 Å². The van der Waals surface area contributed by atoms with E-state index in [0.717, 1.165) is 6.42 Å². The molecule has 0 spiro atoms. The molecule has 0 aromatic carbocycles. The zero-order valence-electron chi connectivity index (χ0n) is 9.89. The predicted octanol–water partition coefficient (Wildman–Crippen LogP) is 3.27. The molecule has 0 fully saturated rings. The molecule has 0 saturated heterocycles. The number of hydrogen-bond acceptors (Lipinski definition) is 3. The normalized spacial score (nSPS) is 12.1. The van der Waals surface area contributed by atoms with Crippen molar-refractivity contribution in [3.63, 3.8) is 0 Å². The van der Waals surface area contributed by atoms with Crippen LogP contribution in [0.5, 0.6) is 0 Å². The Morgan fingerprint density at radius 3 is 3.00 bits per heavy atom. The van der Waals surface area contributed by atoms with Gasteiger partial charge in [-0.15, -0.1) is 11.3 Å². The number of amides is 1. The number of nitrogens with zero attached hydrogens (tertiary/aromatic N) is 1. The highest BCUT2D eigenvalue weighted by Gasteiger charge is 2.13. The standard InChI is InChI=1S/C13H13BrN2OS/c1-9(8-10-4-3-7-18-10)16-13(17)11-5-2-6-15-12(11)14/h2-7,9H,8H2,1H3,(H,16,17). The first-order valence-corrected chi connectivity index (χ1v) is 7.28. The van der Waals surface area contributed by atoms with Crippen molar-refractivity contribution < 1.29 is 4.79 Å². The number of halogens is 1. The lowest BCUT2D eigenvalue weighted by Crippen LogP contribution is -2.34. The molecule has 94 valence electrons. The first kappa shape index (κ1) is 13.2. The van der Waals surface area contributed by atoms with Crippen LogP contribution in [0.4, 0.5) is 0 Å². The van der Waals surface area contributed by atoms with Gasteiger partial charge in [0.15, 0.2) is 0 Å². The summed E-state index contributed by atoms with van der Waals surface area (Å²) in [4.78, 5) is 17.3. The summed E-state index contributed by atoms with van der Waals surface area (Å²) >= 11 is 4.98. The van der Waals surface area contributed by atoms with Gasteiger partial charge in [0.25, 0.3) is 5.91 Å². The first-order chi connectivity index (χ1) is 8.66. The van der Waals surface area contributed by atoms with Crippen LogP contribution in [0.15, 0.2) is 40.4 Å². The van der Waals surface area contributed by atoms with E-state index in [1.54, 1.807) is 29.7 Å². The van der Waals surface area contributed by atoms with E-state index in [-0.39, 0.29) is 11.9 Å². The molecule has 1 N–H and O–H groups in total. The molecule has 5 heteroatoms. The lowest BCUT2D eigenvalue weighted by molar-refractivity contribution is 0.0939. The van der Waals surface area contributed by atoms with Crippen LogP contribution in [-0.2, 0) is 6.42 Å². The second-order valence-electron chi connectivity index (χ2n) is 4.00. The Bertz CT molecular complexity index is 528. The van der Waals surface area contributed by atoms with Gasteiger partial charge in [0.1, 0.15) is 4.60 Å². The van der Waals surface area contributed by atoms with Crippen molar-refractivity contribution in [3.05, 3.63) is 50.9 Å². The molecule has 2 rings (SSSR count). The van der Waals surface area contributed by atoms with Gasteiger partial charge in [-0.25, -0.2) is 4.98 Å². The van der Waals surface area contributed by atoms with Crippen molar-refractivity contribution in [2.45, 2.75) is 19.4 Å². The van der Waals surface area contributed by atoms with Crippen molar-refractivity contribution >= 4 is 33.2 Å². The predicted molar refractivity (Wildman–Crippen MR) is 76.9 cm³/mol. The summed E-state index contributed by atoms with van der Waals surface area (Å²) in [5.74, 6) is -0.0981. The van der Waals surface area contributed by atoms with Gasteiger partial charge < -0.3 is 5.32 Å². The lowest BCUT2D eigenvalue weighted by Gasteiger charge is -2.13. The summed E-state index contributed by atoms with van der Waals surface area (Å²) in [6.45, 7) is 2.00. The quantitative estimate of drug-likeness (QED) is 0.877. The molecule has 0 saturated carbocycles. The second kappa shape index (κ2) is 6.11. The fraction of sp³-hybridized carbons (Fsp3) is 0.231. The van der Waals surface area contributed by atoms with Gasteiger partial charge in [-0.3, -0.25) is 4.79 Å². The highest BCUT2D eigenvalue weighted by atomic mass is 79.9. The lowest BCUT2D eigenvalue weighted by atomic mass is 10.2. The minimum atomic E-state index is -0.0981. The fourth-order valence-electron chi connectivity index (χ4n) is 1.64. The summed E-state index contributed by atoms with van der Waals surface area (Å²) in [5.41, 5.74) is 0.565. The van der Waals surface area contributed by atoms with Crippen LogP contribution in [-0.4, -0.2) is 16.9 Å². The molecule has 0 aliphatic carbocycles. The van der Waals surface area contributed by atoms with Gasteiger partial charge in [-0.2, -0.15) is 0 Å². The summed E-state index contributed by atoms with van der Waals surface area (Å²) in [6.07, 6.45) is 2.50. The molecule has 2 aromatic heterocycles. The molecule has 0 aliphatic rings. The third-order valence-electron chi connectivity index (χ3n) is 2.47. The zero-order chi connectivity index (χ0) is 13.0. The number of pyridine rings is 1. The van der Waals surface area contributed by atoms with Crippen LogP contribution in [0, 0.1) is 0 Å². The van der Waals surface area contributed by atoms with Crippen LogP contribution >= 0.6 is 27.3 Å². The average Bonchev–Trinajstić information content (AvgIpc) is 2.82. The summed E-state index contributed by atoms with van der Waals surface area (Å²) in [5, 5.41) is 5.02. The Morgan fingerprint density at radius 1 is 1.50 bits per heavy atom. The molecule has 2 heterocycles. The number of carbonyl (C=O) groups is 1. The smallest absolute Gasteiger partial charge is 0.254 e. The highest BCUT2D eigenvalue weighted by molar-refractivity contribution is 9.10. The Hall–Kier alpha value is -1.20. The van der Waals surface area contributed by atoms with Crippen molar-refractivity contribution in [2.75, 3.05) is 0 Å². The molecule has 0 aliphatic heterocycles. The van der Waals surface area contributed by atoms with Gasteiger partial charge in [-0.05, 0) is 46.4 Å². The molecule has 3 nitrogen and oxygen atoms in total. The maximum atomic E-state index is 12.0. The van der Waals surface area contributed by atoms with E-state index in [0.29, 0.717) is 10.2 Å². The summed E-state index contributed by atoms with van der Waals surface area (Å²) < 4.78 is 0.575. The second-order valence-corrected chi connectivity index (χ2v) is 5.78. The van der Waals surface area contributed by atoms with Gasteiger partial charge >= 0.3 is 0 Å². The maximum Gasteiger partial charge on any atom is 0.254 e. The van der Waals surface area contributed by atoms with Crippen LogP contribution in [0.2, 0.25) is 0 Å². The molecule has 1 atom stereocenters. The Kier molecular flexibility index (Phi) is 4.49. The molecule has 18 heavy (non-hydrogen) atoms. The number of carbonyl (C=O) groups excluding carboxylic acids is 1. The number of aromatic nitrogens is 1. The number of thiophene rings is 1. The third-order valence-corrected chi connectivity index (χ3v) is 4.00. The Labute approximate surface area is 118 Å². The van der Waals surface area contributed by atoms with Gasteiger partial charge in [0, 0.05) is 23.5 Å². The molecule has 1 amide bonds. The van der Waals surface area contributed by atoms with E-state index >= 15 is 0 Å². The summed E-state index contributed by atoms with van der Waals surface area (Å²) in [6, 6.07) is 7.70. The monoisotopic (exact) mass is 324 g/mol.